The Morgan fingerprint density at radius 2 is 1.62 bits per heavy atom. The molecule has 0 radical (unpaired) electrons. The van der Waals surface area contributed by atoms with Crippen LogP contribution in [0.4, 0.5) is 5.69 Å². The third-order valence-corrected chi connectivity index (χ3v) is 6.39. The zero-order valence-electron chi connectivity index (χ0n) is 20.6. The fourth-order valence-corrected chi connectivity index (χ4v) is 4.50. The largest absolute Gasteiger partial charge is 0.354 e. The minimum Gasteiger partial charge on any atom is -0.354 e. The molecule has 6 heterocycles. The highest BCUT2D eigenvalue weighted by atomic mass is 15.2. The van der Waals surface area contributed by atoms with Crippen molar-refractivity contribution in [1.29, 1.82) is 0 Å². The molecule has 1 aromatic carbocycles. The number of aromatic nitrogens is 8. The highest BCUT2D eigenvalue weighted by molar-refractivity contribution is 5.94. The van der Waals surface area contributed by atoms with Crippen molar-refractivity contribution in [3.05, 3.63) is 110 Å². The molecule has 0 atom stereocenters. The van der Waals surface area contributed by atoms with E-state index in [4.69, 9.17) is 9.97 Å². The number of benzene rings is 1. The van der Waals surface area contributed by atoms with Crippen molar-refractivity contribution >= 4 is 33.5 Å². The standard InChI is InChI=1S/C30H21N9/c1-18(19-7-3-2-4-8-19)34-21-15-20(16-31-17-21)22-10-11-25-28(35-22)29(39-38-25)30-36-24-12-14-33-26(27(24)37-30)23-9-5-6-13-32-23/h2-17,34H,1H2,(H,36,37)(H,38,39). The Labute approximate surface area is 222 Å². The Morgan fingerprint density at radius 1 is 0.744 bits per heavy atom. The van der Waals surface area contributed by atoms with Crippen molar-refractivity contribution < 1.29 is 0 Å². The van der Waals surface area contributed by atoms with Crippen LogP contribution >= 0.6 is 0 Å². The molecule has 3 N–H and O–H groups in total. The van der Waals surface area contributed by atoms with E-state index in [1.807, 2.05) is 72.8 Å². The molecule has 0 unspecified atom stereocenters. The smallest absolute Gasteiger partial charge is 0.161 e. The third-order valence-electron chi connectivity index (χ3n) is 6.39. The van der Waals surface area contributed by atoms with Crippen molar-refractivity contribution in [2.75, 3.05) is 5.32 Å². The minimum absolute atomic E-state index is 0.596. The summed E-state index contributed by atoms with van der Waals surface area (Å²) in [6, 6.07) is 23.5. The van der Waals surface area contributed by atoms with Crippen molar-refractivity contribution in [3.8, 4) is 34.2 Å². The van der Waals surface area contributed by atoms with Gasteiger partial charge in [-0.15, -0.1) is 0 Å². The molecule has 186 valence electrons. The van der Waals surface area contributed by atoms with Gasteiger partial charge in [-0.3, -0.25) is 20.1 Å². The number of nitrogens with zero attached hydrogens (tertiary/aromatic N) is 6. The van der Waals surface area contributed by atoms with Gasteiger partial charge < -0.3 is 10.3 Å². The number of anilines is 1. The summed E-state index contributed by atoms with van der Waals surface area (Å²) in [4.78, 5) is 26.6. The van der Waals surface area contributed by atoms with E-state index in [0.717, 1.165) is 50.4 Å². The minimum atomic E-state index is 0.596. The summed E-state index contributed by atoms with van der Waals surface area (Å²) in [5, 5.41) is 10.9. The lowest BCUT2D eigenvalue weighted by atomic mass is 10.1. The average Bonchev–Trinajstić information content (AvgIpc) is 3.62. The van der Waals surface area contributed by atoms with Crippen LogP contribution in [-0.2, 0) is 0 Å². The SMILES string of the molecule is C=C(Nc1cncc(-c2ccc3[nH]nc(-c4nc5c(-c6ccccn6)nccc5[nH]4)c3n2)c1)c1ccccc1. The van der Waals surface area contributed by atoms with Gasteiger partial charge in [0.1, 0.15) is 16.7 Å². The molecule has 0 bridgehead atoms. The lowest BCUT2D eigenvalue weighted by Gasteiger charge is -2.10. The van der Waals surface area contributed by atoms with Gasteiger partial charge in [-0.25, -0.2) is 9.97 Å². The number of hydrogen-bond donors (Lipinski definition) is 3. The summed E-state index contributed by atoms with van der Waals surface area (Å²) in [5.41, 5.74) is 9.40. The Balaban J connectivity index is 1.25. The molecular weight excluding hydrogens is 486 g/mol. The van der Waals surface area contributed by atoms with Gasteiger partial charge in [0.15, 0.2) is 11.5 Å². The maximum atomic E-state index is 4.94. The fourth-order valence-electron chi connectivity index (χ4n) is 4.50. The van der Waals surface area contributed by atoms with E-state index in [0.29, 0.717) is 22.7 Å². The lowest BCUT2D eigenvalue weighted by Crippen LogP contribution is -1.98. The van der Waals surface area contributed by atoms with E-state index in [1.165, 1.54) is 0 Å². The summed E-state index contributed by atoms with van der Waals surface area (Å²) in [6.07, 6.45) is 7.04. The van der Waals surface area contributed by atoms with E-state index < -0.39 is 0 Å². The molecule has 9 heteroatoms. The molecular formula is C30H21N9. The predicted molar refractivity (Wildman–Crippen MR) is 152 cm³/mol. The maximum absolute atomic E-state index is 4.94. The number of aromatic amines is 2. The first-order valence-corrected chi connectivity index (χ1v) is 12.3. The Bertz CT molecular complexity index is 1960. The number of hydrogen-bond acceptors (Lipinski definition) is 7. The number of H-pyrrole nitrogens is 2. The maximum Gasteiger partial charge on any atom is 0.161 e. The normalized spacial score (nSPS) is 11.2. The number of pyridine rings is 4. The average molecular weight is 508 g/mol. The van der Waals surface area contributed by atoms with Crippen LogP contribution in [-0.4, -0.2) is 40.1 Å². The Hall–Kier alpha value is -5.70. The summed E-state index contributed by atoms with van der Waals surface area (Å²) < 4.78 is 0. The molecule has 0 saturated heterocycles. The van der Waals surface area contributed by atoms with Gasteiger partial charge in [-0.1, -0.05) is 43.0 Å². The van der Waals surface area contributed by atoms with E-state index in [1.54, 1.807) is 24.8 Å². The van der Waals surface area contributed by atoms with E-state index in [2.05, 4.69) is 42.0 Å². The van der Waals surface area contributed by atoms with Crippen molar-refractivity contribution in [1.82, 2.24) is 40.1 Å². The summed E-state index contributed by atoms with van der Waals surface area (Å²) in [6.45, 7) is 4.16. The molecule has 6 aromatic heterocycles. The zero-order chi connectivity index (χ0) is 26.2. The Morgan fingerprint density at radius 3 is 2.49 bits per heavy atom. The van der Waals surface area contributed by atoms with Gasteiger partial charge in [0.05, 0.1) is 34.3 Å². The first-order valence-electron chi connectivity index (χ1n) is 12.3. The fraction of sp³-hybridized carbons (Fsp3) is 0. The summed E-state index contributed by atoms with van der Waals surface area (Å²) in [5.74, 6) is 0.596. The number of fused-ring (bicyclic) bond motifs is 2. The Kier molecular flexibility index (Phi) is 5.37. The highest BCUT2D eigenvalue weighted by Crippen LogP contribution is 2.30. The second-order valence-corrected chi connectivity index (χ2v) is 8.95. The van der Waals surface area contributed by atoms with E-state index in [-0.39, 0.29) is 0 Å². The first kappa shape index (κ1) is 22.5. The van der Waals surface area contributed by atoms with Gasteiger partial charge in [0, 0.05) is 29.9 Å². The van der Waals surface area contributed by atoms with Gasteiger partial charge >= 0.3 is 0 Å². The van der Waals surface area contributed by atoms with Crippen LogP contribution in [0.5, 0.6) is 0 Å². The van der Waals surface area contributed by atoms with Crippen LogP contribution in [0.2, 0.25) is 0 Å². The van der Waals surface area contributed by atoms with Crippen LogP contribution < -0.4 is 5.32 Å². The van der Waals surface area contributed by atoms with Gasteiger partial charge in [0.2, 0.25) is 0 Å². The summed E-state index contributed by atoms with van der Waals surface area (Å²) >= 11 is 0. The number of nitrogens with one attached hydrogen (secondary N) is 3. The monoisotopic (exact) mass is 507 g/mol. The molecule has 0 spiro atoms. The molecule has 0 amide bonds. The molecule has 0 aliphatic rings. The highest BCUT2D eigenvalue weighted by Gasteiger charge is 2.18. The van der Waals surface area contributed by atoms with Crippen LogP contribution in [0.25, 0.3) is 61.9 Å². The zero-order valence-corrected chi connectivity index (χ0v) is 20.6. The van der Waals surface area contributed by atoms with Gasteiger partial charge in [0.25, 0.3) is 0 Å². The second-order valence-electron chi connectivity index (χ2n) is 8.95. The van der Waals surface area contributed by atoms with Crippen molar-refractivity contribution in [2.45, 2.75) is 0 Å². The van der Waals surface area contributed by atoms with Crippen LogP contribution in [0, 0.1) is 0 Å². The first-order chi connectivity index (χ1) is 19.2. The van der Waals surface area contributed by atoms with E-state index in [9.17, 15) is 0 Å². The molecule has 0 aliphatic heterocycles. The number of rotatable bonds is 6. The quantitative estimate of drug-likeness (QED) is 0.249. The molecule has 39 heavy (non-hydrogen) atoms. The lowest BCUT2D eigenvalue weighted by molar-refractivity contribution is 1.10. The molecule has 0 aliphatic carbocycles. The van der Waals surface area contributed by atoms with Crippen LogP contribution in [0.1, 0.15) is 5.56 Å². The van der Waals surface area contributed by atoms with Crippen molar-refractivity contribution in [3.63, 3.8) is 0 Å². The summed E-state index contributed by atoms with van der Waals surface area (Å²) in [7, 11) is 0. The molecule has 9 nitrogen and oxygen atoms in total. The predicted octanol–water partition coefficient (Wildman–Crippen LogP) is 6.10. The van der Waals surface area contributed by atoms with Crippen molar-refractivity contribution in [2.24, 2.45) is 0 Å². The van der Waals surface area contributed by atoms with Gasteiger partial charge in [-0.2, -0.15) is 5.10 Å². The van der Waals surface area contributed by atoms with Crippen LogP contribution in [0.3, 0.4) is 0 Å². The van der Waals surface area contributed by atoms with Crippen LogP contribution in [0.15, 0.2) is 104 Å². The van der Waals surface area contributed by atoms with Gasteiger partial charge in [-0.05, 0) is 42.0 Å². The van der Waals surface area contributed by atoms with E-state index >= 15 is 0 Å². The third kappa shape index (κ3) is 4.17. The molecule has 7 rings (SSSR count). The number of imidazole rings is 1. The topological polar surface area (TPSA) is 121 Å². The molecule has 0 fully saturated rings. The molecule has 7 aromatic rings. The molecule has 0 saturated carbocycles. The second kappa shape index (κ2) is 9.31.